The highest BCUT2D eigenvalue weighted by Gasteiger charge is 2.19. The van der Waals surface area contributed by atoms with Crippen LogP contribution in [0.1, 0.15) is 40.9 Å². The van der Waals surface area contributed by atoms with Gasteiger partial charge in [-0.15, -0.1) is 0 Å². The number of benzene rings is 1. The second-order valence-corrected chi connectivity index (χ2v) is 6.84. The Bertz CT molecular complexity index is 1140. The summed E-state index contributed by atoms with van der Waals surface area (Å²) in [4.78, 5) is 26.5. The first-order valence-electron chi connectivity index (χ1n) is 8.84. The number of nitrogens with zero attached hydrogens (tertiary/aromatic N) is 2. The third-order valence-electron chi connectivity index (χ3n) is 5.05. The van der Waals surface area contributed by atoms with E-state index in [4.69, 9.17) is 0 Å². The topological polar surface area (TPSA) is 104 Å². The van der Waals surface area contributed by atoms with E-state index in [1.165, 1.54) is 19.1 Å². The monoisotopic (exact) mass is 370 g/mol. The van der Waals surface area contributed by atoms with Gasteiger partial charge < -0.3 is 10.1 Å². The van der Waals surface area contributed by atoms with Gasteiger partial charge in [-0.3, -0.25) is 4.79 Å². The third kappa shape index (κ3) is 2.97. The van der Waals surface area contributed by atoms with E-state index in [0.29, 0.717) is 6.42 Å². The highest BCUT2D eigenvalue weighted by molar-refractivity contribution is 5.43. The van der Waals surface area contributed by atoms with Crippen molar-refractivity contribution < 1.29 is 9.50 Å². The van der Waals surface area contributed by atoms with Gasteiger partial charge >= 0.3 is 5.69 Å². The molecule has 27 heavy (non-hydrogen) atoms. The molecule has 2 aromatic heterocycles. The van der Waals surface area contributed by atoms with E-state index in [2.05, 4.69) is 15.2 Å². The van der Waals surface area contributed by atoms with Gasteiger partial charge in [-0.05, 0) is 55.9 Å². The summed E-state index contributed by atoms with van der Waals surface area (Å²) in [6.45, 7) is 1.53. The van der Waals surface area contributed by atoms with Gasteiger partial charge in [-0.1, -0.05) is 6.07 Å². The largest absolute Gasteiger partial charge is 0.493 e. The maximum atomic E-state index is 14.3. The molecule has 0 atom stereocenters. The number of aromatic hydroxyl groups is 1. The minimum absolute atomic E-state index is 0.0300. The summed E-state index contributed by atoms with van der Waals surface area (Å²) in [5.74, 6) is -0.942. The van der Waals surface area contributed by atoms with Crippen molar-refractivity contribution in [3.63, 3.8) is 0 Å². The molecule has 1 aromatic carbocycles. The zero-order valence-corrected chi connectivity index (χ0v) is 14.8. The number of nitrogens with one attached hydrogen (secondary N) is 2. The number of rotatable bonds is 3. The molecule has 4 rings (SSSR count). The Morgan fingerprint density at radius 1 is 1.22 bits per heavy atom. The van der Waals surface area contributed by atoms with Crippen LogP contribution in [0.4, 0.5) is 4.39 Å². The number of hydrogen-bond donors (Lipinski definition) is 3. The lowest BCUT2D eigenvalue weighted by Gasteiger charge is -2.17. The highest BCUT2D eigenvalue weighted by atomic mass is 19.1. The first kappa shape index (κ1) is 17.3. The van der Waals surface area contributed by atoms with Crippen molar-refractivity contribution in [1.29, 1.82) is 0 Å². The molecule has 1 aliphatic rings. The second-order valence-electron chi connectivity index (χ2n) is 6.84. The molecule has 0 fully saturated rings. The molecule has 1 aliphatic carbocycles. The molecular formula is C19H19FN4O3. The van der Waals surface area contributed by atoms with Crippen LogP contribution < -0.4 is 11.2 Å². The van der Waals surface area contributed by atoms with E-state index in [9.17, 15) is 19.1 Å². The van der Waals surface area contributed by atoms with Crippen LogP contribution in [0, 0.1) is 12.7 Å². The van der Waals surface area contributed by atoms with Crippen molar-refractivity contribution in [2.75, 3.05) is 0 Å². The number of imidazole rings is 1. The summed E-state index contributed by atoms with van der Waals surface area (Å²) >= 11 is 0. The Morgan fingerprint density at radius 3 is 2.67 bits per heavy atom. The minimum Gasteiger partial charge on any atom is -0.493 e. The second kappa shape index (κ2) is 6.53. The fourth-order valence-electron chi connectivity index (χ4n) is 3.67. The number of aromatic nitrogens is 4. The van der Waals surface area contributed by atoms with Crippen LogP contribution in [0.2, 0.25) is 0 Å². The predicted octanol–water partition coefficient (Wildman–Crippen LogP) is 1.87. The molecule has 2 heterocycles. The zero-order chi connectivity index (χ0) is 19.1. The quantitative estimate of drug-likeness (QED) is 0.655. The molecule has 0 saturated carbocycles. The van der Waals surface area contributed by atoms with Crippen LogP contribution in [0.3, 0.4) is 0 Å². The third-order valence-corrected chi connectivity index (χ3v) is 5.05. The average Bonchev–Trinajstić information content (AvgIpc) is 2.91. The summed E-state index contributed by atoms with van der Waals surface area (Å²) in [6.07, 6.45) is 3.92. The van der Waals surface area contributed by atoms with Gasteiger partial charge in [-0.25, -0.2) is 18.9 Å². The van der Waals surface area contributed by atoms with Crippen molar-refractivity contribution in [1.82, 2.24) is 19.7 Å². The van der Waals surface area contributed by atoms with Crippen molar-refractivity contribution >= 4 is 0 Å². The summed E-state index contributed by atoms with van der Waals surface area (Å²) in [5, 5.41) is 16.8. The Morgan fingerprint density at radius 2 is 1.96 bits per heavy atom. The van der Waals surface area contributed by atoms with E-state index in [1.807, 2.05) is 0 Å². The fourth-order valence-corrected chi connectivity index (χ4v) is 3.67. The smallest absolute Gasteiger partial charge is 0.333 e. The highest BCUT2D eigenvalue weighted by Crippen LogP contribution is 2.25. The molecule has 0 aliphatic heterocycles. The van der Waals surface area contributed by atoms with E-state index < -0.39 is 11.5 Å². The number of aromatic amines is 2. The molecule has 0 spiro atoms. The van der Waals surface area contributed by atoms with Crippen LogP contribution in [-0.4, -0.2) is 24.9 Å². The predicted molar refractivity (Wildman–Crippen MR) is 97.1 cm³/mol. The van der Waals surface area contributed by atoms with Crippen molar-refractivity contribution in [2.24, 2.45) is 0 Å². The number of aryl methyl sites for hydroxylation is 1. The Labute approximate surface area is 153 Å². The van der Waals surface area contributed by atoms with Gasteiger partial charge in [0.2, 0.25) is 5.88 Å². The van der Waals surface area contributed by atoms with Crippen LogP contribution in [0.5, 0.6) is 5.88 Å². The standard InChI is InChI=1S/C19H19FN4O3/c1-10-18(26)24(19(27)21-10)16-9-11(6-7-14(16)20)8-15-12-4-2-3-5-13(12)17(25)23-22-15/h6-7,9,26H,2-5,8H2,1H3,(H,21,27)(H,23,25). The van der Waals surface area contributed by atoms with Gasteiger partial charge in [0, 0.05) is 12.0 Å². The number of hydrogen-bond acceptors (Lipinski definition) is 4. The summed E-state index contributed by atoms with van der Waals surface area (Å²) in [6, 6.07) is 4.39. The summed E-state index contributed by atoms with van der Waals surface area (Å²) < 4.78 is 15.2. The van der Waals surface area contributed by atoms with Gasteiger partial charge in [0.1, 0.15) is 5.82 Å². The SMILES string of the molecule is Cc1[nH]c(=O)n(-c2cc(Cc3n[nH]c(=O)c4c3CCCC4)ccc2F)c1O. The molecule has 0 bridgehead atoms. The molecule has 0 amide bonds. The molecule has 0 saturated heterocycles. The number of halogens is 1. The van der Waals surface area contributed by atoms with Crippen molar-refractivity contribution in [3.8, 4) is 11.6 Å². The van der Waals surface area contributed by atoms with Crippen LogP contribution >= 0.6 is 0 Å². The first-order chi connectivity index (χ1) is 13.0. The number of H-pyrrole nitrogens is 2. The van der Waals surface area contributed by atoms with E-state index >= 15 is 0 Å². The maximum Gasteiger partial charge on any atom is 0.333 e. The summed E-state index contributed by atoms with van der Waals surface area (Å²) in [5.41, 5.74) is 2.71. The van der Waals surface area contributed by atoms with Crippen LogP contribution in [0.15, 0.2) is 27.8 Å². The number of fused-ring (bicyclic) bond motifs is 1. The zero-order valence-electron chi connectivity index (χ0n) is 14.8. The van der Waals surface area contributed by atoms with Crippen molar-refractivity contribution in [2.45, 2.75) is 39.0 Å². The molecule has 3 N–H and O–H groups in total. The molecule has 3 aromatic rings. The van der Waals surface area contributed by atoms with Crippen LogP contribution in [-0.2, 0) is 19.3 Å². The van der Waals surface area contributed by atoms with Gasteiger partial charge in [-0.2, -0.15) is 5.10 Å². The lowest BCUT2D eigenvalue weighted by atomic mass is 9.90. The van der Waals surface area contributed by atoms with Crippen molar-refractivity contribution in [3.05, 3.63) is 72.9 Å². The van der Waals surface area contributed by atoms with E-state index in [1.54, 1.807) is 6.07 Å². The summed E-state index contributed by atoms with van der Waals surface area (Å²) in [7, 11) is 0. The molecule has 0 unspecified atom stereocenters. The van der Waals surface area contributed by atoms with Gasteiger partial charge in [0.15, 0.2) is 0 Å². The lowest BCUT2D eigenvalue weighted by molar-refractivity contribution is 0.434. The first-order valence-corrected chi connectivity index (χ1v) is 8.84. The van der Waals surface area contributed by atoms with Crippen LogP contribution in [0.25, 0.3) is 5.69 Å². The van der Waals surface area contributed by atoms with Gasteiger partial charge in [0.05, 0.1) is 17.1 Å². The molecule has 140 valence electrons. The molecule has 8 heteroatoms. The molecule has 0 radical (unpaired) electrons. The van der Waals surface area contributed by atoms with E-state index in [-0.39, 0.29) is 22.8 Å². The van der Waals surface area contributed by atoms with E-state index in [0.717, 1.165) is 52.6 Å². The van der Waals surface area contributed by atoms with Gasteiger partial charge in [0.25, 0.3) is 5.56 Å². The molecular weight excluding hydrogens is 351 g/mol. The average molecular weight is 370 g/mol. The normalized spacial score (nSPS) is 13.6. The Balaban J connectivity index is 1.77. The minimum atomic E-state index is -0.619. The lowest BCUT2D eigenvalue weighted by Crippen LogP contribution is -2.23. The molecule has 7 nitrogen and oxygen atoms in total. The Kier molecular flexibility index (Phi) is 4.18. The fraction of sp³-hybridized carbons (Fsp3) is 0.316. The maximum absolute atomic E-state index is 14.3. The Hall–Kier alpha value is -3.16.